The Kier molecular flexibility index (Phi) is 9.36. The molecule has 1 saturated carbocycles. The molecule has 4 N–H and O–H groups in total. The average Bonchev–Trinajstić information content (AvgIpc) is 2.99. The minimum absolute atomic E-state index is 0.112. The van der Waals surface area contributed by atoms with Crippen LogP contribution in [-0.4, -0.2) is 36.8 Å². The minimum Gasteiger partial charge on any atom is -0.463 e. The number of carbonyl (C=O) groups excluding carboxylic acids is 2. The van der Waals surface area contributed by atoms with Crippen molar-refractivity contribution in [2.75, 3.05) is 19.8 Å². The molecule has 2 rings (SSSR count). The largest absolute Gasteiger partial charge is 0.463 e. The van der Waals surface area contributed by atoms with Gasteiger partial charge in [0.05, 0.1) is 24.3 Å². The van der Waals surface area contributed by atoms with Crippen molar-refractivity contribution in [2.45, 2.75) is 52.4 Å². The summed E-state index contributed by atoms with van der Waals surface area (Å²) in [5.74, 6) is -1.11. The Bertz CT molecular complexity index is 737. The molecular formula is C22H33N3O4S. The summed E-state index contributed by atoms with van der Waals surface area (Å²) in [4.78, 5) is 26.1. The molecule has 0 bridgehead atoms. The fourth-order valence-electron chi connectivity index (χ4n) is 4.31. The maximum Gasteiger partial charge on any atom is 0.336 e. The van der Waals surface area contributed by atoms with Crippen molar-refractivity contribution in [3.8, 4) is 0 Å². The van der Waals surface area contributed by atoms with E-state index in [1.54, 1.807) is 6.92 Å². The van der Waals surface area contributed by atoms with E-state index in [0.717, 1.165) is 38.5 Å². The fraction of sp³-hybridized carbons (Fsp3) is 0.591. The van der Waals surface area contributed by atoms with Crippen LogP contribution >= 0.6 is 12.2 Å². The zero-order valence-electron chi connectivity index (χ0n) is 17.9. The van der Waals surface area contributed by atoms with Gasteiger partial charge in [0.1, 0.15) is 6.61 Å². The Morgan fingerprint density at radius 1 is 1.20 bits per heavy atom. The first-order valence-electron chi connectivity index (χ1n) is 10.6. The zero-order chi connectivity index (χ0) is 22.1. The topological polar surface area (TPSA) is 103 Å². The van der Waals surface area contributed by atoms with Gasteiger partial charge in [0.25, 0.3) is 0 Å². The SMILES string of the molecule is C=CCOC(=O)C1=C(C)NC(CNC(N)=S)=C(C(=O)OCC)C1C1CCCCCC1. The molecule has 0 saturated heterocycles. The van der Waals surface area contributed by atoms with Gasteiger partial charge in [0, 0.05) is 17.3 Å². The predicted octanol–water partition coefficient (Wildman–Crippen LogP) is 2.83. The standard InChI is InChI=1S/C22H33N3O4S/c1-4-12-29-20(26)17-14(3)25-16(13-24-22(23)30)19(21(27)28-5-2)18(17)15-10-8-6-7-9-11-15/h4,15,18,25H,1,5-13H2,2-3H3,(H3,23,24,30). The van der Waals surface area contributed by atoms with Crippen molar-refractivity contribution in [3.63, 3.8) is 0 Å². The van der Waals surface area contributed by atoms with E-state index < -0.39 is 17.9 Å². The first-order chi connectivity index (χ1) is 14.4. The number of dihydropyridines is 1. The number of hydrogen-bond acceptors (Lipinski definition) is 6. The van der Waals surface area contributed by atoms with Gasteiger partial charge in [-0.2, -0.15) is 0 Å². The van der Waals surface area contributed by atoms with E-state index in [4.69, 9.17) is 27.4 Å². The van der Waals surface area contributed by atoms with E-state index in [2.05, 4.69) is 17.2 Å². The van der Waals surface area contributed by atoms with Crippen molar-refractivity contribution >= 4 is 29.3 Å². The highest BCUT2D eigenvalue weighted by Crippen LogP contribution is 2.42. The molecule has 1 unspecified atom stereocenters. The van der Waals surface area contributed by atoms with E-state index >= 15 is 0 Å². The summed E-state index contributed by atoms with van der Waals surface area (Å²) in [6.07, 6.45) is 7.87. The smallest absolute Gasteiger partial charge is 0.336 e. The maximum absolute atomic E-state index is 13.1. The minimum atomic E-state index is -0.433. The molecule has 30 heavy (non-hydrogen) atoms. The maximum atomic E-state index is 13.1. The van der Waals surface area contributed by atoms with E-state index in [0.29, 0.717) is 22.5 Å². The van der Waals surface area contributed by atoms with Gasteiger partial charge in [0.2, 0.25) is 0 Å². The normalized spacial score (nSPS) is 20.1. The second kappa shape index (κ2) is 11.7. The van der Waals surface area contributed by atoms with Crippen LogP contribution < -0.4 is 16.4 Å². The zero-order valence-corrected chi connectivity index (χ0v) is 18.7. The number of hydrogen-bond donors (Lipinski definition) is 3. The van der Waals surface area contributed by atoms with Crippen molar-refractivity contribution in [2.24, 2.45) is 17.6 Å². The van der Waals surface area contributed by atoms with Crippen LogP contribution in [-0.2, 0) is 19.1 Å². The number of thiocarbonyl (C=S) groups is 1. The lowest BCUT2D eigenvalue weighted by Crippen LogP contribution is -2.42. The first kappa shape index (κ1) is 23.9. The third-order valence-corrected chi connectivity index (χ3v) is 5.69. The van der Waals surface area contributed by atoms with E-state index in [1.165, 1.54) is 6.08 Å². The van der Waals surface area contributed by atoms with E-state index in [-0.39, 0.29) is 30.8 Å². The molecule has 1 heterocycles. The quantitative estimate of drug-likeness (QED) is 0.231. The Hall–Kier alpha value is -2.35. The molecule has 1 aliphatic carbocycles. The number of carbonyl (C=O) groups is 2. The molecule has 8 heteroatoms. The summed E-state index contributed by atoms with van der Waals surface area (Å²) >= 11 is 4.94. The number of nitrogens with one attached hydrogen (secondary N) is 2. The Morgan fingerprint density at radius 3 is 2.40 bits per heavy atom. The molecular weight excluding hydrogens is 402 g/mol. The molecule has 0 spiro atoms. The second-order valence-electron chi connectivity index (χ2n) is 7.61. The van der Waals surface area contributed by atoms with Crippen molar-refractivity contribution in [1.29, 1.82) is 0 Å². The monoisotopic (exact) mass is 435 g/mol. The highest BCUT2D eigenvalue weighted by Gasteiger charge is 2.42. The molecule has 7 nitrogen and oxygen atoms in total. The average molecular weight is 436 g/mol. The van der Waals surface area contributed by atoms with Crippen LogP contribution in [0.2, 0.25) is 0 Å². The molecule has 1 atom stereocenters. The fourth-order valence-corrected chi connectivity index (χ4v) is 4.38. The molecule has 166 valence electrons. The van der Waals surface area contributed by atoms with Gasteiger partial charge in [-0.3, -0.25) is 0 Å². The Morgan fingerprint density at radius 2 is 1.83 bits per heavy atom. The van der Waals surface area contributed by atoms with Crippen molar-refractivity contribution < 1.29 is 19.1 Å². The van der Waals surface area contributed by atoms with Crippen LogP contribution in [0.4, 0.5) is 0 Å². The number of nitrogens with two attached hydrogens (primary N) is 1. The molecule has 1 aliphatic heterocycles. The third kappa shape index (κ3) is 6.08. The highest BCUT2D eigenvalue weighted by atomic mass is 32.1. The van der Waals surface area contributed by atoms with Gasteiger partial charge < -0.3 is 25.8 Å². The van der Waals surface area contributed by atoms with Gasteiger partial charge in [-0.05, 0) is 44.8 Å². The molecule has 2 aliphatic rings. The summed E-state index contributed by atoms with van der Waals surface area (Å²) in [7, 11) is 0. The van der Waals surface area contributed by atoms with Gasteiger partial charge in [-0.15, -0.1) is 0 Å². The number of allylic oxidation sites excluding steroid dienone is 1. The van der Waals surface area contributed by atoms with Crippen LogP contribution in [0.5, 0.6) is 0 Å². The van der Waals surface area contributed by atoms with E-state index in [1.807, 2.05) is 6.92 Å². The third-order valence-electron chi connectivity index (χ3n) is 5.55. The highest BCUT2D eigenvalue weighted by molar-refractivity contribution is 7.80. The van der Waals surface area contributed by atoms with Crippen molar-refractivity contribution in [3.05, 3.63) is 35.2 Å². The number of esters is 2. The van der Waals surface area contributed by atoms with Gasteiger partial charge >= 0.3 is 11.9 Å². The Balaban J connectivity index is 2.55. The summed E-state index contributed by atoms with van der Waals surface area (Å²) in [5, 5.41) is 6.25. The molecule has 1 fully saturated rings. The lowest BCUT2D eigenvalue weighted by atomic mass is 9.73. The summed E-state index contributed by atoms with van der Waals surface area (Å²) in [6.45, 7) is 7.82. The van der Waals surface area contributed by atoms with Gasteiger partial charge in [-0.25, -0.2) is 9.59 Å². The molecule has 0 aromatic carbocycles. The first-order valence-corrected chi connectivity index (χ1v) is 11.0. The van der Waals surface area contributed by atoms with Crippen LogP contribution in [0.1, 0.15) is 52.4 Å². The summed E-state index contributed by atoms with van der Waals surface area (Å²) < 4.78 is 10.8. The van der Waals surface area contributed by atoms with Crippen LogP contribution in [0.3, 0.4) is 0 Å². The van der Waals surface area contributed by atoms with Crippen LogP contribution in [0.15, 0.2) is 35.2 Å². The molecule has 0 amide bonds. The number of ether oxygens (including phenoxy) is 2. The second-order valence-corrected chi connectivity index (χ2v) is 8.05. The van der Waals surface area contributed by atoms with E-state index in [9.17, 15) is 9.59 Å². The summed E-state index contributed by atoms with van der Waals surface area (Å²) in [5.41, 5.74) is 7.87. The molecule has 0 radical (unpaired) electrons. The number of rotatable bonds is 8. The lowest BCUT2D eigenvalue weighted by Gasteiger charge is -2.35. The lowest BCUT2D eigenvalue weighted by molar-refractivity contribution is -0.140. The van der Waals surface area contributed by atoms with Crippen LogP contribution in [0.25, 0.3) is 0 Å². The molecule has 0 aromatic rings. The predicted molar refractivity (Wildman–Crippen MR) is 120 cm³/mol. The molecule has 0 aromatic heterocycles. The van der Waals surface area contributed by atoms with Crippen LogP contribution in [0, 0.1) is 11.8 Å². The summed E-state index contributed by atoms with van der Waals surface area (Å²) in [6, 6.07) is 0. The van der Waals surface area contributed by atoms with Crippen molar-refractivity contribution in [1.82, 2.24) is 10.6 Å². The Labute approximate surface area is 184 Å². The van der Waals surface area contributed by atoms with Gasteiger partial charge in [-0.1, -0.05) is 38.3 Å². The van der Waals surface area contributed by atoms with Gasteiger partial charge in [0.15, 0.2) is 5.11 Å².